The van der Waals surface area contributed by atoms with E-state index in [0.717, 1.165) is 37.8 Å². The zero-order chi connectivity index (χ0) is 17.3. The number of nitrogens with one attached hydrogen (secondary N) is 1. The van der Waals surface area contributed by atoms with Crippen molar-refractivity contribution in [3.8, 4) is 5.75 Å². The number of unbranched alkanes of at least 4 members (excludes halogenated alkanes) is 3. The van der Waals surface area contributed by atoms with Crippen molar-refractivity contribution in [3.63, 3.8) is 0 Å². The molecular formula is C14H21FN2O5S. The van der Waals surface area contributed by atoms with Crippen LogP contribution < -0.4 is 15.2 Å². The molecule has 1 aromatic rings. The Morgan fingerprint density at radius 1 is 1.26 bits per heavy atom. The molecule has 0 saturated heterocycles. The average molecular weight is 348 g/mol. The van der Waals surface area contributed by atoms with E-state index in [0.29, 0.717) is 13.1 Å². The molecule has 1 amide bonds. The lowest BCUT2D eigenvalue weighted by molar-refractivity contribution is -0.126. The fourth-order valence-corrected chi connectivity index (χ4v) is 2.23. The fourth-order valence-electron chi connectivity index (χ4n) is 1.89. The Bertz CT molecular complexity index is 598. The molecule has 3 N–H and O–H groups in total. The normalized spacial score (nSPS) is 12.7. The summed E-state index contributed by atoms with van der Waals surface area (Å²) in [6, 6.07) is 4.59. The number of carbonyl (C=O) groups is 1. The van der Waals surface area contributed by atoms with Crippen LogP contribution in [0.25, 0.3) is 0 Å². The maximum Gasteiger partial charge on any atom is 1.00 e. The number of benzene rings is 1. The highest BCUT2D eigenvalue weighted by molar-refractivity contribution is 7.81. The van der Waals surface area contributed by atoms with Crippen molar-refractivity contribution in [2.24, 2.45) is 5.73 Å². The second kappa shape index (κ2) is 9.43. The van der Waals surface area contributed by atoms with Gasteiger partial charge in [0.05, 0.1) is 0 Å². The van der Waals surface area contributed by atoms with Gasteiger partial charge in [-0.15, -0.1) is 0 Å². The zero-order valence-electron chi connectivity index (χ0n) is 13.5. The molecule has 9 heteroatoms. The Kier molecular flexibility index (Phi) is 7.93. The molecule has 0 aliphatic carbocycles. The molecule has 1 aromatic carbocycles. The molecular weight excluding hydrogens is 327 g/mol. The van der Waals surface area contributed by atoms with E-state index in [1.165, 1.54) is 12.1 Å². The van der Waals surface area contributed by atoms with Crippen LogP contribution in [-0.2, 0) is 15.2 Å². The van der Waals surface area contributed by atoms with Crippen LogP contribution in [-0.4, -0.2) is 32.0 Å². The quantitative estimate of drug-likeness (QED) is 0.373. The van der Waals surface area contributed by atoms with Crippen LogP contribution in [0.1, 0.15) is 38.8 Å². The monoisotopic (exact) mass is 348 g/mol. The van der Waals surface area contributed by atoms with Gasteiger partial charge in [-0.05, 0) is 37.1 Å². The summed E-state index contributed by atoms with van der Waals surface area (Å²) in [5, 5.41) is 2.49. The van der Waals surface area contributed by atoms with Crippen molar-refractivity contribution in [3.05, 3.63) is 29.8 Å². The number of amides is 1. The van der Waals surface area contributed by atoms with Crippen LogP contribution in [0, 0.1) is 0 Å². The predicted molar refractivity (Wildman–Crippen MR) is 82.3 cm³/mol. The highest BCUT2D eigenvalue weighted by Gasteiger charge is 2.19. The number of rotatable bonds is 10. The predicted octanol–water partition coefficient (Wildman–Crippen LogP) is 1.28. The van der Waals surface area contributed by atoms with E-state index in [2.05, 4.69) is 9.50 Å². The van der Waals surface area contributed by atoms with Crippen molar-refractivity contribution in [2.45, 2.75) is 31.9 Å². The maximum absolute atomic E-state index is 14.0. The topological polar surface area (TPSA) is 122 Å². The highest BCUT2D eigenvalue weighted by atomic mass is 32.3. The van der Waals surface area contributed by atoms with Gasteiger partial charge < -0.3 is 19.8 Å². The van der Waals surface area contributed by atoms with Crippen LogP contribution in [0.5, 0.6) is 5.75 Å². The van der Waals surface area contributed by atoms with E-state index in [1.807, 2.05) is 0 Å². The molecule has 1 atom stereocenters. The van der Waals surface area contributed by atoms with Gasteiger partial charge in [-0.25, -0.2) is 12.8 Å². The van der Waals surface area contributed by atoms with Gasteiger partial charge in [0.25, 0.3) is 16.3 Å². The first-order chi connectivity index (χ1) is 10.8. The van der Waals surface area contributed by atoms with Crippen molar-refractivity contribution in [1.82, 2.24) is 5.32 Å². The highest BCUT2D eigenvalue weighted by Crippen LogP contribution is 2.21. The number of hydrogen-bond donors (Lipinski definition) is 2. The summed E-state index contributed by atoms with van der Waals surface area (Å²) in [5.74, 6) is -1.01. The summed E-state index contributed by atoms with van der Waals surface area (Å²) < 4.78 is 49.3. The van der Waals surface area contributed by atoms with E-state index >= 15 is 0 Å². The van der Waals surface area contributed by atoms with Crippen molar-refractivity contribution in [1.29, 1.82) is 0 Å². The molecule has 130 valence electrons. The summed E-state index contributed by atoms with van der Waals surface area (Å²) in [5.41, 5.74) is 5.40. The van der Waals surface area contributed by atoms with Crippen molar-refractivity contribution >= 4 is 16.3 Å². The smallest absolute Gasteiger partial charge is 0.716 e. The van der Waals surface area contributed by atoms with E-state index in [-0.39, 0.29) is 12.7 Å². The van der Waals surface area contributed by atoms with Gasteiger partial charge in [-0.3, -0.25) is 4.79 Å². The standard InChI is InChI=1S/C14H21FN2O5S/c15-13(14(18)17-10-4-2-1-3-9-16)11-5-7-12(8-6-11)22-23(19,20)21/h5-8,13H,1-4,9-10,16H2,(H,17,18)(H,19,20,21). The zero-order valence-corrected chi connectivity index (χ0v) is 13.4. The number of hydrogen-bond acceptors (Lipinski definition) is 6. The first kappa shape index (κ1) is 19.3. The fraction of sp³-hybridized carbons (Fsp3) is 0.500. The third-order valence-corrected chi connectivity index (χ3v) is 3.43. The first-order valence-corrected chi connectivity index (χ1v) is 8.54. The summed E-state index contributed by atoms with van der Waals surface area (Å²) in [6.45, 7) is 1.01. The Labute approximate surface area is 136 Å². The second-order valence-corrected chi connectivity index (χ2v) is 5.90. The molecule has 23 heavy (non-hydrogen) atoms. The SMILES string of the molecule is NCCCCCCNC(=O)C(F)c1ccc(OS(=O)(=O)[O-])cc1.[H+]. The Morgan fingerprint density at radius 2 is 1.87 bits per heavy atom. The minimum atomic E-state index is -4.88. The van der Waals surface area contributed by atoms with Crippen LogP contribution >= 0.6 is 0 Å². The first-order valence-electron chi connectivity index (χ1n) is 7.20. The molecule has 0 fully saturated rings. The Morgan fingerprint density at radius 3 is 2.43 bits per heavy atom. The summed E-state index contributed by atoms with van der Waals surface area (Å²) in [7, 11) is -4.88. The van der Waals surface area contributed by atoms with Gasteiger partial charge in [-0.2, -0.15) is 0 Å². The van der Waals surface area contributed by atoms with Gasteiger partial charge in [0, 0.05) is 6.54 Å². The molecule has 0 aromatic heterocycles. The van der Waals surface area contributed by atoms with Gasteiger partial charge in [0.1, 0.15) is 5.75 Å². The van der Waals surface area contributed by atoms with E-state index < -0.39 is 22.5 Å². The lowest BCUT2D eigenvalue weighted by Crippen LogP contribution is -2.28. The van der Waals surface area contributed by atoms with Gasteiger partial charge in [-0.1, -0.05) is 25.0 Å². The van der Waals surface area contributed by atoms with Crippen LogP contribution in [0.15, 0.2) is 24.3 Å². The summed E-state index contributed by atoms with van der Waals surface area (Å²) in [6.07, 6.45) is 1.66. The van der Waals surface area contributed by atoms with Crippen LogP contribution in [0.3, 0.4) is 0 Å². The number of carbonyl (C=O) groups excluding carboxylic acids is 1. The molecule has 0 saturated carbocycles. The van der Waals surface area contributed by atoms with E-state index in [1.54, 1.807) is 0 Å². The molecule has 0 spiro atoms. The minimum absolute atomic E-state index is 0. The van der Waals surface area contributed by atoms with E-state index in [4.69, 9.17) is 5.73 Å². The third kappa shape index (κ3) is 7.91. The molecule has 7 nitrogen and oxygen atoms in total. The van der Waals surface area contributed by atoms with Gasteiger partial charge in [0.2, 0.25) is 6.17 Å². The number of halogens is 1. The third-order valence-electron chi connectivity index (χ3n) is 3.03. The summed E-state index contributed by atoms with van der Waals surface area (Å²) >= 11 is 0. The van der Waals surface area contributed by atoms with Gasteiger partial charge >= 0.3 is 1.43 Å². The van der Waals surface area contributed by atoms with Crippen LogP contribution in [0.4, 0.5) is 4.39 Å². The second-order valence-electron chi connectivity index (χ2n) is 4.92. The molecule has 0 heterocycles. The molecule has 0 aliphatic rings. The molecule has 0 radical (unpaired) electrons. The molecule has 0 aliphatic heterocycles. The Balaban J connectivity index is 0.00000529. The van der Waals surface area contributed by atoms with E-state index in [9.17, 15) is 22.2 Å². The van der Waals surface area contributed by atoms with Crippen LogP contribution in [0.2, 0.25) is 0 Å². The lowest BCUT2D eigenvalue weighted by atomic mass is 10.1. The molecule has 0 bridgehead atoms. The van der Waals surface area contributed by atoms with Crippen molar-refractivity contribution in [2.75, 3.05) is 13.1 Å². The minimum Gasteiger partial charge on any atom is -0.716 e. The van der Waals surface area contributed by atoms with Gasteiger partial charge in [0.15, 0.2) is 0 Å². The largest absolute Gasteiger partial charge is 1.00 e. The number of alkyl halides is 1. The summed E-state index contributed by atoms with van der Waals surface area (Å²) in [4.78, 5) is 11.7. The Hall–Kier alpha value is -1.71. The lowest BCUT2D eigenvalue weighted by Gasteiger charge is -2.12. The average Bonchev–Trinajstić information content (AvgIpc) is 2.49. The maximum atomic E-state index is 14.0. The van der Waals surface area contributed by atoms with Crippen molar-refractivity contribution < 1.29 is 27.8 Å². The number of nitrogens with two attached hydrogens (primary N) is 1. The molecule has 1 unspecified atom stereocenters. The molecule has 1 rings (SSSR count).